The van der Waals surface area contributed by atoms with Gasteiger partial charge >= 0.3 is 11.9 Å². The molecule has 0 atom stereocenters. The summed E-state index contributed by atoms with van der Waals surface area (Å²) in [6.45, 7) is -0.0339. The van der Waals surface area contributed by atoms with E-state index >= 15 is 0 Å². The van der Waals surface area contributed by atoms with E-state index in [9.17, 15) is 22.8 Å². The Balaban J connectivity index is 1.93. The van der Waals surface area contributed by atoms with Crippen LogP contribution in [0.5, 0.6) is 0 Å². The fourth-order valence-electron chi connectivity index (χ4n) is 2.34. The molecule has 0 aliphatic carbocycles. The largest absolute Gasteiger partial charge is 0.416 e. The molecule has 11 heteroatoms. The van der Waals surface area contributed by atoms with Crippen molar-refractivity contribution < 1.29 is 13.2 Å². The second kappa shape index (κ2) is 6.24. The molecule has 2 aromatic heterocycles. The number of halogens is 3. The lowest BCUT2D eigenvalue weighted by molar-refractivity contribution is -0.137. The molecular weight excluding hydrogens is 353 g/mol. The van der Waals surface area contributed by atoms with E-state index < -0.39 is 23.0 Å². The molecule has 0 bridgehead atoms. The van der Waals surface area contributed by atoms with Gasteiger partial charge in [0.05, 0.1) is 11.3 Å². The first-order valence-electron chi connectivity index (χ1n) is 7.38. The Labute approximate surface area is 144 Å². The second-order valence-electron chi connectivity index (χ2n) is 5.60. The first-order valence-corrected chi connectivity index (χ1v) is 7.38. The predicted molar refractivity (Wildman–Crippen MR) is 84.3 cm³/mol. The van der Waals surface area contributed by atoms with Crippen molar-refractivity contribution >= 4 is 0 Å². The molecule has 0 saturated carbocycles. The van der Waals surface area contributed by atoms with E-state index in [1.807, 2.05) is 0 Å². The van der Waals surface area contributed by atoms with Crippen molar-refractivity contribution in [2.45, 2.75) is 12.7 Å². The number of tetrazole rings is 1. The summed E-state index contributed by atoms with van der Waals surface area (Å²) in [5.41, 5.74) is -1.32. The molecule has 26 heavy (non-hydrogen) atoms. The third kappa shape index (κ3) is 3.27. The van der Waals surface area contributed by atoms with E-state index in [1.165, 1.54) is 36.9 Å². The van der Waals surface area contributed by atoms with E-state index in [-0.39, 0.29) is 17.9 Å². The minimum Gasteiger partial charge on any atom is -0.299 e. The first-order chi connectivity index (χ1) is 12.2. The lowest BCUT2D eigenvalue weighted by Crippen LogP contribution is -2.38. The zero-order chi connectivity index (χ0) is 19.1. The van der Waals surface area contributed by atoms with Gasteiger partial charge in [-0.3, -0.25) is 13.9 Å². The number of hydrogen-bond donors (Lipinski definition) is 0. The number of benzene rings is 1. The van der Waals surface area contributed by atoms with Crippen molar-refractivity contribution in [1.29, 1.82) is 0 Å². The summed E-state index contributed by atoms with van der Waals surface area (Å²) in [5, 5.41) is 11.5. The molecule has 1 aromatic carbocycles. The van der Waals surface area contributed by atoms with Crippen molar-refractivity contribution in [1.82, 2.24) is 29.3 Å². The molecule has 0 aliphatic heterocycles. The van der Waals surface area contributed by atoms with Gasteiger partial charge in [-0.2, -0.15) is 18.0 Å². The fourth-order valence-corrected chi connectivity index (χ4v) is 2.34. The molecule has 0 aliphatic rings. The van der Waals surface area contributed by atoms with Crippen molar-refractivity contribution in [3.63, 3.8) is 0 Å². The lowest BCUT2D eigenvalue weighted by atomic mass is 10.1. The number of aromatic nitrogens is 6. The summed E-state index contributed by atoms with van der Waals surface area (Å²) in [5.74, 6) is 0.00457. The van der Waals surface area contributed by atoms with Crippen molar-refractivity contribution in [2.75, 3.05) is 0 Å². The second-order valence-corrected chi connectivity index (χ2v) is 5.60. The predicted octanol–water partition coefficient (Wildman–Crippen LogP) is 0.805. The smallest absolute Gasteiger partial charge is 0.299 e. The molecule has 0 unspecified atom stereocenters. The molecule has 3 rings (SSSR count). The van der Waals surface area contributed by atoms with Crippen LogP contribution in [-0.4, -0.2) is 29.3 Å². The average molecular weight is 366 g/mol. The highest BCUT2D eigenvalue weighted by atomic mass is 19.4. The Morgan fingerprint density at radius 1 is 1.08 bits per heavy atom. The maximum absolute atomic E-state index is 12.8. The number of nitrogens with zero attached hydrogens (tertiary/aromatic N) is 6. The van der Waals surface area contributed by atoms with E-state index in [1.54, 1.807) is 0 Å². The summed E-state index contributed by atoms with van der Waals surface area (Å²) < 4.78 is 40.6. The number of hydrogen-bond acceptors (Lipinski definition) is 5. The summed E-state index contributed by atoms with van der Waals surface area (Å²) in [6.07, 6.45) is -4.48. The minimum absolute atomic E-state index is 0.00457. The van der Waals surface area contributed by atoms with Crippen LogP contribution >= 0.6 is 0 Å². The van der Waals surface area contributed by atoms with Crippen LogP contribution in [-0.2, 0) is 26.8 Å². The lowest BCUT2D eigenvalue weighted by Gasteiger charge is -2.08. The van der Waals surface area contributed by atoms with E-state index in [0.717, 1.165) is 21.5 Å². The zero-order valence-corrected chi connectivity index (χ0v) is 13.7. The standard InChI is InChI=1S/C15H13F3N6O2/c1-22-11(7-12(25)23(2)14(22)26)8-24-20-13(19-21-24)9-4-3-5-10(6-9)15(16,17)18/h3-7H,8H2,1-2H3. The van der Waals surface area contributed by atoms with Gasteiger partial charge in [0, 0.05) is 25.7 Å². The normalized spacial score (nSPS) is 11.7. The molecule has 0 amide bonds. The number of rotatable bonds is 3. The van der Waals surface area contributed by atoms with Crippen molar-refractivity contribution in [2.24, 2.45) is 14.1 Å². The van der Waals surface area contributed by atoms with E-state index in [0.29, 0.717) is 5.69 Å². The maximum Gasteiger partial charge on any atom is 0.416 e. The van der Waals surface area contributed by atoms with Crippen LogP contribution in [0.2, 0.25) is 0 Å². The van der Waals surface area contributed by atoms with Gasteiger partial charge in [0.25, 0.3) is 5.56 Å². The van der Waals surface area contributed by atoms with Gasteiger partial charge in [0.2, 0.25) is 5.82 Å². The molecule has 3 aromatic rings. The summed E-state index contributed by atoms with van der Waals surface area (Å²) in [4.78, 5) is 24.8. The van der Waals surface area contributed by atoms with Crippen molar-refractivity contribution in [3.05, 3.63) is 62.4 Å². The van der Waals surface area contributed by atoms with Gasteiger partial charge in [-0.25, -0.2) is 4.79 Å². The molecule has 2 heterocycles. The van der Waals surface area contributed by atoms with Gasteiger partial charge in [0.15, 0.2) is 0 Å². The van der Waals surface area contributed by atoms with Crippen molar-refractivity contribution in [3.8, 4) is 11.4 Å². The van der Waals surface area contributed by atoms with Crippen LogP contribution in [0.1, 0.15) is 11.3 Å². The Morgan fingerprint density at radius 3 is 2.50 bits per heavy atom. The topological polar surface area (TPSA) is 87.6 Å². The van der Waals surface area contributed by atoms with E-state index in [2.05, 4.69) is 15.4 Å². The SMILES string of the molecule is Cn1c(Cn2nnc(-c3cccc(C(F)(F)F)c3)n2)cc(=O)n(C)c1=O. The van der Waals surface area contributed by atoms with Crippen LogP contribution in [0.25, 0.3) is 11.4 Å². The molecule has 136 valence electrons. The highest BCUT2D eigenvalue weighted by Gasteiger charge is 2.30. The van der Waals surface area contributed by atoms with Crippen LogP contribution < -0.4 is 11.2 Å². The third-order valence-corrected chi connectivity index (χ3v) is 3.83. The van der Waals surface area contributed by atoms with Gasteiger partial charge in [-0.05, 0) is 17.3 Å². The molecule has 0 N–H and O–H groups in total. The Bertz CT molecular complexity index is 1080. The molecule has 8 nitrogen and oxygen atoms in total. The minimum atomic E-state index is -4.48. The van der Waals surface area contributed by atoms with Crippen LogP contribution in [0, 0.1) is 0 Å². The molecule has 0 saturated heterocycles. The van der Waals surface area contributed by atoms with Gasteiger partial charge in [0.1, 0.15) is 6.54 Å². The Morgan fingerprint density at radius 2 is 1.81 bits per heavy atom. The Kier molecular flexibility index (Phi) is 4.22. The van der Waals surface area contributed by atoms with Gasteiger partial charge in [-0.15, -0.1) is 10.2 Å². The maximum atomic E-state index is 12.8. The van der Waals surface area contributed by atoms with Crippen LogP contribution in [0.4, 0.5) is 13.2 Å². The molecule has 0 fully saturated rings. The quantitative estimate of drug-likeness (QED) is 0.684. The van der Waals surface area contributed by atoms with E-state index in [4.69, 9.17) is 0 Å². The molecule has 0 spiro atoms. The zero-order valence-electron chi connectivity index (χ0n) is 13.7. The highest BCUT2D eigenvalue weighted by Crippen LogP contribution is 2.31. The van der Waals surface area contributed by atoms with Crippen LogP contribution in [0.3, 0.4) is 0 Å². The average Bonchev–Trinajstić information content (AvgIpc) is 3.06. The monoisotopic (exact) mass is 366 g/mol. The summed E-state index contributed by atoms with van der Waals surface area (Å²) >= 11 is 0. The highest BCUT2D eigenvalue weighted by molar-refractivity contribution is 5.55. The van der Waals surface area contributed by atoms with Gasteiger partial charge in [-0.1, -0.05) is 12.1 Å². The molecule has 0 radical (unpaired) electrons. The summed E-state index contributed by atoms with van der Waals surface area (Å²) in [7, 11) is 2.84. The third-order valence-electron chi connectivity index (χ3n) is 3.83. The molecular formula is C15H13F3N6O2. The van der Waals surface area contributed by atoms with Crippen LogP contribution in [0.15, 0.2) is 39.9 Å². The summed E-state index contributed by atoms with van der Waals surface area (Å²) in [6, 6.07) is 5.82. The Hall–Kier alpha value is -3.24. The first kappa shape index (κ1) is 17.6. The number of alkyl halides is 3. The fraction of sp³-hybridized carbons (Fsp3) is 0.267. The van der Waals surface area contributed by atoms with Gasteiger partial charge < -0.3 is 0 Å².